The Morgan fingerprint density at radius 3 is 2.81 bits per heavy atom. The van der Waals surface area contributed by atoms with Crippen LogP contribution in [0.25, 0.3) is 0 Å². The van der Waals surface area contributed by atoms with Crippen LogP contribution in [0.1, 0.15) is 42.7 Å². The van der Waals surface area contributed by atoms with Gasteiger partial charge in [0.15, 0.2) is 0 Å². The summed E-state index contributed by atoms with van der Waals surface area (Å²) < 4.78 is 5.42. The standard InChI is InChI=1S/C14H16O2/c15-14-9-8-13(16-14)12-7-3-5-10-4-1-2-6-11(10)12/h1-2,4,6,12-13H,3,5,7-9H2/t12-,13?/m1/s1. The van der Waals surface area contributed by atoms with E-state index < -0.39 is 0 Å². The number of benzene rings is 1. The average Bonchev–Trinajstić information content (AvgIpc) is 2.75. The largest absolute Gasteiger partial charge is 0.462 e. The highest BCUT2D eigenvalue weighted by Crippen LogP contribution is 2.38. The number of hydrogen-bond acceptors (Lipinski definition) is 2. The maximum Gasteiger partial charge on any atom is 0.306 e. The molecule has 2 heteroatoms. The molecule has 1 aliphatic carbocycles. The summed E-state index contributed by atoms with van der Waals surface area (Å²) >= 11 is 0. The summed E-state index contributed by atoms with van der Waals surface area (Å²) in [7, 11) is 0. The molecule has 2 nitrogen and oxygen atoms in total. The zero-order chi connectivity index (χ0) is 11.0. The topological polar surface area (TPSA) is 26.3 Å². The predicted octanol–water partition coefficient (Wildman–Crippen LogP) is 2.81. The van der Waals surface area contributed by atoms with Gasteiger partial charge in [-0.05, 0) is 36.8 Å². The van der Waals surface area contributed by atoms with Gasteiger partial charge in [-0.25, -0.2) is 0 Å². The van der Waals surface area contributed by atoms with E-state index in [-0.39, 0.29) is 12.1 Å². The Morgan fingerprint density at radius 1 is 1.12 bits per heavy atom. The van der Waals surface area contributed by atoms with Gasteiger partial charge in [-0.3, -0.25) is 4.79 Å². The third-order valence-electron chi connectivity index (χ3n) is 3.78. The van der Waals surface area contributed by atoms with E-state index in [1.54, 1.807) is 0 Å². The van der Waals surface area contributed by atoms with Crippen LogP contribution in [0.4, 0.5) is 0 Å². The van der Waals surface area contributed by atoms with Crippen LogP contribution in [0.2, 0.25) is 0 Å². The Labute approximate surface area is 95.6 Å². The molecule has 1 aliphatic heterocycles. The second kappa shape index (κ2) is 3.93. The van der Waals surface area contributed by atoms with E-state index in [9.17, 15) is 4.79 Å². The van der Waals surface area contributed by atoms with E-state index in [0.29, 0.717) is 12.3 Å². The smallest absolute Gasteiger partial charge is 0.306 e. The van der Waals surface area contributed by atoms with Gasteiger partial charge in [0.1, 0.15) is 6.10 Å². The molecule has 2 atom stereocenters. The Morgan fingerprint density at radius 2 is 2.00 bits per heavy atom. The van der Waals surface area contributed by atoms with Gasteiger partial charge in [0, 0.05) is 12.3 Å². The molecule has 3 rings (SSSR count). The first kappa shape index (κ1) is 9.88. The zero-order valence-electron chi connectivity index (χ0n) is 9.32. The Hall–Kier alpha value is -1.31. The molecule has 2 aliphatic rings. The molecule has 0 radical (unpaired) electrons. The van der Waals surface area contributed by atoms with E-state index in [1.165, 1.54) is 24.0 Å². The molecule has 0 bridgehead atoms. The molecule has 0 saturated carbocycles. The first-order valence-electron chi connectivity index (χ1n) is 6.12. The third kappa shape index (κ3) is 1.62. The number of ether oxygens (including phenoxy) is 1. The van der Waals surface area contributed by atoms with Crippen molar-refractivity contribution in [2.24, 2.45) is 0 Å². The van der Waals surface area contributed by atoms with Crippen LogP contribution in [0.5, 0.6) is 0 Å². The summed E-state index contributed by atoms with van der Waals surface area (Å²) in [6, 6.07) is 8.60. The van der Waals surface area contributed by atoms with Gasteiger partial charge >= 0.3 is 5.97 Å². The minimum Gasteiger partial charge on any atom is -0.462 e. The molecule has 0 aromatic heterocycles. The minimum absolute atomic E-state index is 0.0203. The number of fused-ring (bicyclic) bond motifs is 1. The van der Waals surface area contributed by atoms with Gasteiger partial charge in [-0.1, -0.05) is 24.3 Å². The molecule has 1 heterocycles. The van der Waals surface area contributed by atoms with Crippen molar-refractivity contribution in [1.82, 2.24) is 0 Å². The van der Waals surface area contributed by atoms with Crippen LogP contribution in [0.15, 0.2) is 24.3 Å². The molecular weight excluding hydrogens is 200 g/mol. The van der Waals surface area contributed by atoms with Gasteiger partial charge in [0.05, 0.1) is 0 Å². The van der Waals surface area contributed by atoms with Crippen molar-refractivity contribution in [3.05, 3.63) is 35.4 Å². The molecule has 1 saturated heterocycles. The lowest BCUT2D eigenvalue weighted by Gasteiger charge is -2.29. The van der Waals surface area contributed by atoms with Crippen molar-refractivity contribution < 1.29 is 9.53 Å². The number of esters is 1. The second-order valence-electron chi connectivity index (χ2n) is 4.76. The summed E-state index contributed by atoms with van der Waals surface area (Å²) in [5, 5.41) is 0. The van der Waals surface area contributed by atoms with Gasteiger partial charge in [0.2, 0.25) is 0 Å². The molecule has 16 heavy (non-hydrogen) atoms. The highest BCUT2D eigenvalue weighted by Gasteiger charge is 2.34. The van der Waals surface area contributed by atoms with Crippen molar-refractivity contribution in [1.29, 1.82) is 0 Å². The fraction of sp³-hybridized carbons (Fsp3) is 0.500. The van der Waals surface area contributed by atoms with Crippen LogP contribution < -0.4 is 0 Å². The molecule has 0 amide bonds. The predicted molar refractivity (Wildman–Crippen MR) is 61.2 cm³/mol. The highest BCUT2D eigenvalue weighted by atomic mass is 16.5. The number of carbonyl (C=O) groups excluding carboxylic acids is 1. The number of cyclic esters (lactones) is 1. The van der Waals surface area contributed by atoms with Gasteiger partial charge in [-0.15, -0.1) is 0 Å². The number of aryl methyl sites for hydroxylation is 1. The molecule has 0 spiro atoms. The molecule has 1 aromatic carbocycles. The quantitative estimate of drug-likeness (QED) is 0.675. The first-order valence-corrected chi connectivity index (χ1v) is 6.12. The fourth-order valence-electron chi connectivity index (χ4n) is 3.01. The van der Waals surface area contributed by atoms with E-state index in [2.05, 4.69) is 24.3 Å². The molecule has 84 valence electrons. The highest BCUT2D eigenvalue weighted by molar-refractivity contribution is 5.71. The van der Waals surface area contributed by atoms with E-state index in [4.69, 9.17) is 4.74 Å². The van der Waals surface area contributed by atoms with Crippen molar-refractivity contribution in [3.8, 4) is 0 Å². The minimum atomic E-state index is -0.0203. The van der Waals surface area contributed by atoms with Gasteiger partial charge in [0.25, 0.3) is 0 Å². The van der Waals surface area contributed by atoms with Crippen LogP contribution in [0, 0.1) is 0 Å². The SMILES string of the molecule is O=C1CCC([C@@H]2CCCc3ccccc32)O1. The summed E-state index contributed by atoms with van der Waals surface area (Å²) in [6.07, 6.45) is 5.19. The lowest BCUT2D eigenvalue weighted by molar-refractivity contribution is -0.142. The van der Waals surface area contributed by atoms with E-state index >= 15 is 0 Å². The summed E-state index contributed by atoms with van der Waals surface area (Å²) in [5.41, 5.74) is 2.86. The fourth-order valence-corrected chi connectivity index (χ4v) is 3.01. The van der Waals surface area contributed by atoms with Crippen molar-refractivity contribution in [2.75, 3.05) is 0 Å². The van der Waals surface area contributed by atoms with Crippen LogP contribution in [-0.4, -0.2) is 12.1 Å². The number of hydrogen-bond donors (Lipinski definition) is 0. The summed E-state index contributed by atoms with van der Waals surface area (Å²) in [6.45, 7) is 0. The average molecular weight is 216 g/mol. The molecule has 0 N–H and O–H groups in total. The van der Waals surface area contributed by atoms with Gasteiger partial charge < -0.3 is 4.74 Å². The summed E-state index contributed by atoms with van der Waals surface area (Å²) in [4.78, 5) is 11.2. The monoisotopic (exact) mass is 216 g/mol. The Bertz CT molecular complexity index is 411. The summed E-state index contributed by atoms with van der Waals surface area (Å²) in [5.74, 6) is 0.421. The van der Waals surface area contributed by atoms with Gasteiger partial charge in [-0.2, -0.15) is 0 Å². The normalized spacial score (nSPS) is 28.6. The van der Waals surface area contributed by atoms with Crippen LogP contribution in [0.3, 0.4) is 0 Å². The Balaban J connectivity index is 1.90. The molecule has 1 aromatic rings. The third-order valence-corrected chi connectivity index (χ3v) is 3.78. The molecular formula is C14H16O2. The zero-order valence-corrected chi connectivity index (χ0v) is 9.32. The van der Waals surface area contributed by atoms with Crippen molar-refractivity contribution >= 4 is 5.97 Å². The molecule has 1 fully saturated rings. The van der Waals surface area contributed by atoms with Crippen molar-refractivity contribution in [3.63, 3.8) is 0 Å². The number of rotatable bonds is 1. The van der Waals surface area contributed by atoms with Crippen molar-refractivity contribution in [2.45, 2.75) is 44.1 Å². The second-order valence-corrected chi connectivity index (χ2v) is 4.76. The lowest BCUT2D eigenvalue weighted by atomic mass is 9.79. The maximum absolute atomic E-state index is 11.2. The number of carbonyl (C=O) groups is 1. The maximum atomic E-state index is 11.2. The lowest BCUT2D eigenvalue weighted by Crippen LogP contribution is -2.22. The van der Waals surface area contributed by atoms with Crippen LogP contribution in [-0.2, 0) is 16.0 Å². The first-order chi connectivity index (χ1) is 7.84. The molecule has 1 unspecified atom stereocenters. The van der Waals surface area contributed by atoms with Crippen LogP contribution >= 0.6 is 0 Å². The van der Waals surface area contributed by atoms with E-state index in [1.807, 2.05) is 0 Å². The Kier molecular flexibility index (Phi) is 2.43. The van der Waals surface area contributed by atoms with E-state index in [0.717, 1.165) is 12.8 Å².